The lowest BCUT2D eigenvalue weighted by molar-refractivity contribution is -0.122. The number of carboxylic acid groups (broad SMARTS) is 1. The third kappa shape index (κ3) is 2.01. The predicted octanol–water partition coefficient (Wildman–Crippen LogP) is 1.25. The second kappa shape index (κ2) is 4.82. The van der Waals surface area contributed by atoms with Gasteiger partial charge in [0, 0.05) is 19.1 Å². The van der Waals surface area contributed by atoms with Crippen LogP contribution in [-0.2, 0) is 4.79 Å². The number of aromatic carboxylic acids is 1. The fourth-order valence-electron chi connectivity index (χ4n) is 3.28. The van der Waals surface area contributed by atoms with Gasteiger partial charge in [-0.1, -0.05) is 0 Å². The molecule has 1 aromatic rings. The number of aryl methyl sites for hydroxylation is 1. The molecule has 3 unspecified atom stereocenters. The Morgan fingerprint density at radius 2 is 2.20 bits per heavy atom. The molecule has 0 aromatic carbocycles. The van der Waals surface area contributed by atoms with E-state index in [-0.39, 0.29) is 23.4 Å². The van der Waals surface area contributed by atoms with Crippen molar-refractivity contribution < 1.29 is 14.7 Å². The van der Waals surface area contributed by atoms with Gasteiger partial charge in [-0.2, -0.15) is 4.37 Å². The maximum atomic E-state index is 12.6. The number of aromatic nitrogens is 1. The second-order valence-electron chi connectivity index (χ2n) is 5.54. The van der Waals surface area contributed by atoms with Crippen LogP contribution in [0.25, 0.3) is 0 Å². The lowest BCUT2D eigenvalue weighted by atomic mass is 9.88. The molecule has 0 aliphatic carbocycles. The first-order valence-corrected chi connectivity index (χ1v) is 7.49. The van der Waals surface area contributed by atoms with Crippen molar-refractivity contribution in [1.82, 2.24) is 9.69 Å². The third-order valence-electron chi connectivity index (χ3n) is 4.31. The zero-order chi connectivity index (χ0) is 14.4. The minimum atomic E-state index is -1.03. The minimum Gasteiger partial charge on any atom is -0.478 e. The molecule has 7 heteroatoms. The molecule has 2 fully saturated rings. The smallest absolute Gasteiger partial charge is 0.340 e. The molecule has 3 rings (SSSR count). The second-order valence-corrected chi connectivity index (χ2v) is 6.29. The van der Waals surface area contributed by atoms with Gasteiger partial charge < -0.3 is 15.3 Å². The number of rotatable bonds is 3. The highest BCUT2D eigenvalue weighted by atomic mass is 32.1. The topological polar surface area (TPSA) is 82.5 Å². The predicted molar refractivity (Wildman–Crippen MR) is 75.3 cm³/mol. The van der Waals surface area contributed by atoms with E-state index in [1.807, 2.05) is 0 Å². The molecule has 3 heterocycles. The number of nitrogens with one attached hydrogen (secondary N) is 1. The molecule has 2 aliphatic rings. The van der Waals surface area contributed by atoms with Crippen molar-refractivity contribution >= 4 is 28.4 Å². The summed E-state index contributed by atoms with van der Waals surface area (Å²) in [4.78, 5) is 25.4. The van der Waals surface area contributed by atoms with Gasteiger partial charge in [0.25, 0.3) is 0 Å². The lowest BCUT2D eigenvalue weighted by Crippen LogP contribution is -2.39. The molecule has 108 valence electrons. The van der Waals surface area contributed by atoms with Gasteiger partial charge in [0.05, 0.1) is 11.6 Å². The molecule has 6 nitrogen and oxygen atoms in total. The van der Waals surface area contributed by atoms with E-state index < -0.39 is 5.97 Å². The zero-order valence-electron chi connectivity index (χ0n) is 11.4. The van der Waals surface area contributed by atoms with Crippen LogP contribution in [0, 0.1) is 12.8 Å². The highest BCUT2D eigenvalue weighted by Gasteiger charge is 2.44. The van der Waals surface area contributed by atoms with Crippen LogP contribution in [0.1, 0.15) is 35.3 Å². The van der Waals surface area contributed by atoms with Crippen molar-refractivity contribution in [2.24, 2.45) is 5.92 Å². The van der Waals surface area contributed by atoms with Gasteiger partial charge in [0.15, 0.2) is 0 Å². The quantitative estimate of drug-likeness (QED) is 0.877. The molecule has 2 bridgehead atoms. The summed E-state index contributed by atoms with van der Waals surface area (Å²) in [5.41, 5.74) is 0.602. The van der Waals surface area contributed by atoms with E-state index in [0.29, 0.717) is 16.7 Å². The monoisotopic (exact) mass is 295 g/mol. The first-order chi connectivity index (χ1) is 9.49. The van der Waals surface area contributed by atoms with Gasteiger partial charge in [0.2, 0.25) is 5.91 Å². The lowest BCUT2D eigenvalue weighted by Gasteiger charge is -2.24. The molecule has 3 atom stereocenters. The van der Waals surface area contributed by atoms with E-state index in [0.717, 1.165) is 30.8 Å². The summed E-state index contributed by atoms with van der Waals surface area (Å²) in [5.74, 6) is -1.07. The summed E-state index contributed by atoms with van der Waals surface area (Å²) in [6, 6.07) is 0.696. The summed E-state index contributed by atoms with van der Waals surface area (Å²) in [6.07, 6.45) is 3.02. The molecule has 0 saturated carbocycles. The number of carboxylic acids is 1. The first-order valence-electron chi connectivity index (χ1n) is 6.72. The average molecular weight is 295 g/mol. The fraction of sp³-hybridized carbons (Fsp3) is 0.615. The normalized spacial score (nSPS) is 27.8. The Balaban J connectivity index is 1.84. The number of carbonyl (C=O) groups is 2. The van der Waals surface area contributed by atoms with Crippen molar-refractivity contribution in [3.63, 3.8) is 0 Å². The molecule has 2 saturated heterocycles. The van der Waals surface area contributed by atoms with Crippen LogP contribution in [-0.4, -0.2) is 40.5 Å². The van der Waals surface area contributed by atoms with Crippen LogP contribution in [0.3, 0.4) is 0 Å². The number of carbonyl (C=O) groups excluding carboxylic acids is 1. The molecule has 1 aromatic heterocycles. The summed E-state index contributed by atoms with van der Waals surface area (Å²) in [5, 5.41) is 13.1. The Morgan fingerprint density at radius 3 is 2.75 bits per heavy atom. The third-order valence-corrected chi connectivity index (χ3v) is 5.33. The Kier molecular flexibility index (Phi) is 3.25. The Labute approximate surface area is 120 Å². The van der Waals surface area contributed by atoms with Crippen molar-refractivity contribution in [2.75, 3.05) is 11.9 Å². The van der Waals surface area contributed by atoms with Crippen LogP contribution >= 0.6 is 11.5 Å². The van der Waals surface area contributed by atoms with Crippen LogP contribution in [0.4, 0.5) is 5.00 Å². The van der Waals surface area contributed by atoms with Crippen molar-refractivity contribution in [3.05, 3.63) is 11.3 Å². The van der Waals surface area contributed by atoms with Crippen molar-refractivity contribution in [3.8, 4) is 0 Å². The molecule has 20 heavy (non-hydrogen) atoms. The molecule has 2 N–H and O–H groups in total. The van der Waals surface area contributed by atoms with Crippen LogP contribution in [0.2, 0.25) is 0 Å². The summed E-state index contributed by atoms with van der Waals surface area (Å²) >= 11 is 1.07. The van der Waals surface area contributed by atoms with Gasteiger partial charge in [0.1, 0.15) is 10.6 Å². The standard InChI is InChI=1S/C13H17N3O3S/c1-6-10(13(18)19)12(20-15-6)16(2)11(17)8-5-7-3-4-9(8)14-7/h7-9,14H,3-5H2,1-2H3,(H,18,19). The average Bonchev–Trinajstić information content (AvgIpc) is 3.10. The Morgan fingerprint density at radius 1 is 1.45 bits per heavy atom. The van der Waals surface area contributed by atoms with Gasteiger partial charge >= 0.3 is 5.97 Å². The summed E-state index contributed by atoms with van der Waals surface area (Å²) in [6.45, 7) is 1.65. The van der Waals surface area contributed by atoms with Gasteiger partial charge in [-0.3, -0.25) is 4.79 Å². The summed E-state index contributed by atoms with van der Waals surface area (Å²) < 4.78 is 4.07. The molecule has 2 aliphatic heterocycles. The SMILES string of the molecule is Cc1nsc(N(C)C(=O)C2CC3CCC2N3)c1C(=O)O. The van der Waals surface area contributed by atoms with E-state index >= 15 is 0 Å². The van der Waals surface area contributed by atoms with Crippen LogP contribution in [0.5, 0.6) is 0 Å². The molecular formula is C13H17N3O3S. The number of amides is 1. The number of fused-ring (bicyclic) bond motifs is 2. The number of hydrogen-bond donors (Lipinski definition) is 2. The van der Waals surface area contributed by atoms with E-state index in [1.54, 1.807) is 14.0 Å². The molecule has 0 spiro atoms. The van der Waals surface area contributed by atoms with Gasteiger partial charge in [-0.05, 0) is 37.7 Å². The maximum Gasteiger partial charge on any atom is 0.340 e. The Hall–Kier alpha value is -1.47. The van der Waals surface area contributed by atoms with E-state index in [1.165, 1.54) is 4.90 Å². The number of anilines is 1. The molecule has 1 amide bonds. The van der Waals surface area contributed by atoms with Crippen LogP contribution < -0.4 is 10.2 Å². The number of nitrogens with zero attached hydrogens (tertiary/aromatic N) is 2. The van der Waals surface area contributed by atoms with Gasteiger partial charge in [-0.25, -0.2) is 4.79 Å². The highest BCUT2D eigenvalue weighted by Crippen LogP contribution is 2.36. The largest absolute Gasteiger partial charge is 0.478 e. The van der Waals surface area contributed by atoms with Crippen molar-refractivity contribution in [2.45, 2.75) is 38.3 Å². The first kappa shape index (κ1) is 13.5. The van der Waals surface area contributed by atoms with Crippen LogP contribution in [0.15, 0.2) is 0 Å². The molecular weight excluding hydrogens is 278 g/mol. The van der Waals surface area contributed by atoms with E-state index in [2.05, 4.69) is 9.69 Å². The number of hydrogen-bond acceptors (Lipinski definition) is 5. The maximum absolute atomic E-state index is 12.6. The van der Waals surface area contributed by atoms with E-state index in [4.69, 9.17) is 0 Å². The van der Waals surface area contributed by atoms with E-state index in [9.17, 15) is 14.7 Å². The Bertz CT molecular complexity index is 571. The van der Waals surface area contributed by atoms with Gasteiger partial charge in [-0.15, -0.1) is 0 Å². The fourth-order valence-corrected chi connectivity index (χ4v) is 4.13. The highest BCUT2D eigenvalue weighted by molar-refractivity contribution is 7.11. The minimum absolute atomic E-state index is 0.00384. The summed E-state index contributed by atoms with van der Waals surface area (Å²) in [7, 11) is 1.65. The van der Waals surface area contributed by atoms with Crippen molar-refractivity contribution in [1.29, 1.82) is 0 Å². The molecule has 0 radical (unpaired) electrons. The zero-order valence-corrected chi connectivity index (χ0v) is 12.2.